The van der Waals surface area contributed by atoms with E-state index in [2.05, 4.69) is 6.92 Å². The largest absolute Gasteiger partial charge is 0.494 e. The molecule has 0 saturated heterocycles. The summed E-state index contributed by atoms with van der Waals surface area (Å²) in [5.41, 5.74) is 7.23. The highest BCUT2D eigenvalue weighted by Gasteiger charge is 1.99. The molecule has 100 valence electrons. The summed E-state index contributed by atoms with van der Waals surface area (Å²) in [6.07, 6.45) is 4.30. The van der Waals surface area contributed by atoms with Gasteiger partial charge in [0.05, 0.1) is 12.9 Å². The predicted molar refractivity (Wildman–Crippen MR) is 73.4 cm³/mol. The number of ether oxygens (including phenoxy) is 1. The lowest BCUT2D eigenvalue weighted by atomic mass is 10.1. The first-order valence-corrected chi connectivity index (χ1v) is 6.50. The number of rotatable bonds is 8. The van der Waals surface area contributed by atoms with Crippen LogP contribution in [0.4, 0.5) is 4.39 Å². The molecule has 0 bridgehead atoms. The van der Waals surface area contributed by atoms with Crippen LogP contribution in [0.1, 0.15) is 31.7 Å². The second-order valence-electron chi connectivity index (χ2n) is 4.32. The van der Waals surface area contributed by atoms with Crippen LogP contribution >= 0.6 is 0 Å². The smallest absolute Gasteiger partial charge is 0.119 e. The Balaban J connectivity index is 2.40. The van der Waals surface area contributed by atoms with Gasteiger partial charge in [-0.2, -0.15) is 0 Å². The molecule has 0 aliphatic carbocycles. The third-order valence-electron chi connectivity index (χ3n) is 2.84. The van der Waals surface area contributed by atoms with Crippen molar-refractivity contribution in [3.8, 4) is 5.75 Å². The van der Waals surface area contributed by atoms with E-state index in [0.717, 1.165) is 31.6 Å². The first kappa shape index (κ1) is 14.7. The molecule has 18 heavy (non-hydrogen) atoms. The molecule has 0 aliphatic rings. The van der Waals surface area contributed by atoms with E-state index in [-0.39, 0.29) is 6.54 Å². The maximum absolute atomic E-state index is 12.3. The Kier molecular flexibility index (Phi) is 7.11. The van der Waals surface area contributed by atoms with Gasteiger partial charge < -0.3 is 10.5 Å². The average molecular weight is 251 g/mol. The zero-order valence-electron chi connectivity index (χ0n) is 11.0. The standard InChI is InChI=1S/C15H22FNO/c1-2-3-10-18-15-8-6-13(7-9-15)4-5-14(11-16)12-17/h6-9,11H,2-5,10,12,17H2,1H3/b14-11+. The lowest BCUT2D eigenvalue weighted by Gasteiger charge is -2.07. The first-order chi connectivity index (χ1) is 8.80. The summed E-state index contributed by atoms with van der Waals surface area (Å²) in [5.74, 6) is 0.896. The first-order valence-electron chi connectivity index (χ1n) is 6.50. The topological polar surface area (TPSA) is 35.2 Å². The highest BCUT2D eigenvalue weighted by Crippen LogP contribution is 2.15. The molecule has 0 saturated carbocycles. The molecule has 2 nitrogen and oxygen atoms in total. The molecule has 0 fully saturated rings. The van der Waals surface area contributed by atoms with Crippen molar-refractivity contribution in [2.24, 2.45) is 5.73 Å². The summed E-state index contributed by atoms with van der Waals surface area (Å²) in [5, 5.41) is 0. The van der Waals surface area contributed by atoms with Crippen LogP contribution < -0.4 is 10.5 Å². The molecule has 0 spiro atoms. The fourth-order valence-corrected chi connectivity index (χ4v) is 1.59. The van der Waals surface area contributed by atoms with E-state index in [1.807, 2.05) is 24.3 Å². The molecule has 1 rings (SSSR count). The van der Waals surface area contributed by atoms with Crippen molar-refractivity contribution in [2.75, 3.05) is 13.2 Å². The second kappa shape index (κ2) is 8.70. The van der Waals surface area contributed by atoms with Crippen molar-refractivity contribution in [1.82, 2.24) is 0 Å². The average Bonchev–Trinajstić information content (AvgIpc) is 2.42. The quantitative estimate of drug-likeness (QED) is 0.716. The van der Waals surface area contributed by atoms with Crippen LogP contribution in [-0.2, 0) is 6.42 Å². The van der Waals surface area contributed by atoms with Gasteiger partial charge in [-0.1, -0.05) is 25.5 Å². The van der Waals surface area contributed by atoms with Gasteiger partial charge in [0, 0.05) is 6.54 Å². The van der Waals surface area contributed by atoms with Crippen LogP contribution in [0.25, 0.3) is 0 Å². The lowest BCUT2D eigenvalue weighted by molar-refractivity contribution is 0.309. The molecule has 1 aromatic carbocycles. The van der Waals surface area contributed by atoms with Gasteiger partial charge >= 0.3 is 0 Å². The number of hydrogen-bond donors (Lipinski definition) is 1. The third-order valence-corrected chi connectivity index (χ3v) is 2.84. The van der Waals surface area contributed by atoms with Crippen molar-refractivity contribution in [1.29, 1.82) is 0 Å². The van der Waals surface area contributed by atoms with E-state index in [0.29, 0.717) is 18.3 Å². The van der Waals surface area contributed by atoms with Crippen LogP contribution in [0.5, 0.6) is 5.75 Å². The maximum Gasteiger partial charge on any atom is 0.119 e. The number of benzene rings is 1. The summed E-state index contributed by atoms with van der Waals surface area (Å²) in [6.45, 7) is 3.19. The Bertz CT molecular complexity index is 359. The van der Waals surface area contributed by atoms with Crippen LogP contribution in [0.15, 0.2) is 36.2 Å². The molecule has 0 heterocycles. The summed E-state index contributed by atoms with van der Waals surface area (Å²) >= 11 is 0. The van der Waals surface area contributed by atoms with E-state index >= 15 is 0 Å². The van der Waals surface area contributed by atoms with Crippen LogP contribution in [0.3, 0.4) is 0 Å². The zero-order valence-corrected chi connectivity index (χ0v) is 11.0. The van der Waals surface area contributed by atoms with Crippen molar-refractivity contribution in [3.05, 3.63) is 41.7 Å². The number of unbranched alkanes of at least 4 members (excludes halogenated alkanes) is 1. The van der Waals surface area contributed by atoms with Crippen LogP contribution in [0, 0.1) is 0 Å². The summed E-state index contributed by atoms with van der Waals surface area (Å²) in [6, 6.07) is 7.97. The second-order valence-corrected chi connectivity index (χ2v) is 4.32. The van der Waals surface area contributed by atoms with Gasteiger partial charge in [0.25, 0.3) is 0 Å². The molecule has 2 N–H and O–H groups in total. The van der Waals surface area contributed by atoms with E-state index in [9.17, 15) is 4.39 Å². The van der Waals surface area contributed by atoms with Gasteiger partial charge in [0.2, 0.25) is 0 Å². The highest BCUT2D eigenvalue weighted by molar-refractivity contribution is 5.27. The summed E-state index contributed by atoms with van der Waals surface area (Å²) < 4.78 is 17.9. The molecule has 3 heteroatoms. The Hall–Kier alpha value is -1.35. The minimum absolute atomic E-state index is 0.286. The molecule has 0 unspecified atom stereocenters. The Labute approximate surface area is 109 Å². The predicted octanol–water partition coefficient (Wildman–Crippen LogP) is 3.61. The van der Waals surface area contributed by atoms with E-state index in [1.54, 1.807) is 0 Å². The van der Waals surface area contributed by atoms with E-state index in [4.69, 9.17) is 10.5 Å². The molecule has 0 aromatic heterocycles. The molecular weight excluding hydrogens is 229 g/mol. The number of halogens is 1. The van der Waals surface area contributed by atoms with Gasteiger partial charge in [-0.3, -0.25) is 0 Å². The fourth-order valence-electron chi connectivity index (χ4n) is 1.59. The molecule has 0 radical (unpaired) electrons. The molecular formula is C15H22FNO. The summed E-state index contributed by atoms with van der Waals surface area (Å²) in [7, 11) is 0. The lowest BCUT2D eigenvalue weighted by Crippen LogP contribution is -2.03. The van der Waals surface area contributed by atoms with Gasteiger partial charge in [-0.05, 0) is 42.5 Å². The van der Waals surface area contributed by atoms with Crippen molar-refractivity contribution < 1.29 is 9.13 Å². The Morgan fingerprint density at radius 3 is 2.61 bits per heavy atom. The van der Waals surface area contributed by atoms with Gasteiger partial charge in [0.1, 0.15) is 5.75 Å². The third kappa shape index (κ3) is 5.32. The normalized spacial score (nSPS) is 11.6. The minimum atomic E-state index is 0.286. The van der Waals surface area contributed by atoms with Crippen LogP contribution in [-0.4, -0.2) is 13.2 Å². The minimum Gasteiger partial charge on any atom is -0.494 e. The number of nitrogens with two attached hydrogens (primary N) is 1. The molecule has 0 aliphatic heterocycles. The maximum atomic E-state index is 12.3. The molecule has 1 aromatic rings. The van der Waals surface area contributed by atoms with Gasteiger partial charge in [-0.15, -0.1) is 0 Å². The fraction of sp³-hybridized carbons (Fsp3) is 0.467. The number of hydrogen-bond acceptors (Lipinski definition) is 2. The van der Waals surface area contributed by atoms with Gasteiger partial charge in [-0.25, -0.2) is 4.39 Å². The summed E-state index contributed by atoms with van der Waals surface area (Å²) in [4.78, 5) is 0. The zero-order chi connectivity index (χ0) is 13.2. The monoisotopic (exact) mass is 251 g/mol. The highest BCUT2D eigenvalue weighted by atomic mass is 19.1. The molecule has 0 atom stereocenters. The number of aryl methyl sites for hydroxylation is 1. The molecule has 0 amide bonds. The van der Waals surface area contributed by atoms with E-state index < -0.39 is 0 Å². The van der Waals surface area contributed by atoms with Crippen molar-refractivity contribution in [3.63, 3.8) is 0 Å². The Morgan fingerprint density at radius 1 is 1.33 bits per heavy atom. The van der Waals surface area contributed by atoms with Gasteiger partial charge in [0.15, 0.2) is 0 Å². The SMILES string of the molecule is CCCCOc1ccc(CC/C(=C\F)CN)cc1. The van der Waals surface area contributed by atoms with Crippen molar-refractivity contribution in [2.45, 2.75) is 32.6 Å². The van der Waals surface area contributed by atoms with Crippen LogP contribution in [0.2, 0.25) is 0 Å². The Morgan fingerprint density at radius 2 is 2.06 bits per heavy atom. The van der Waals surface area contributed by atoms with E-state index in [1.165, 1.54) is 5.56 Å². The van der Waals surface area contributed by atoms with Crippen molar-refractivity contribution >= 4 is 0 Å².